The molecule has 1 aliphatic heterocycles. The lowest BCUT2D eigenvalue weighted by Gasteiger charge is -2.34. The number of aromatic nitrogens is 4. The van der Waals surface area contributed by atoms with Crippen molar-refractivity contribution in [1.82, 2.24) is 24.6 Å². The number of nitrogens with one attached hydrogen (secondary N) is 1. The standard InChI is InChI=1S/C22H30N8O2/c1-3-4-7-24-21-20-18(25-22(23)26-21)14-30(27-20)13-16-5-6-17(12-19(16)32-2)29-10-8-28(15-31)9-11-29/h5-6,12,14-15H,3-4,7-11,13H2,1-2H3,(H3,23,24,25,26). The largest absolute Gasteiger partial charge is 0.496 e. The number of hydrogen-bond acceptors (Lipinski definition) is 8. The van der Waals surface area contributed by atoms with Crippen LogP contribution in [0.25, 0.3) is 11.0 Å². The summed E-state index contributed by atoms with van der Waals surface area (Å²) in [5.74, 6) is 1.69. The molecule has 0 saturated carbocycles. The third-order valence-electron chi connectivity index (χ3n) is 5.68. The second-order valence-corrected chi connectivity index (χ2v) is 7.90. The molecule has 1 aromatic carbocycles. The Balaban J connectivity index is 1.54. The van der Waals surface area contributed by atoms with Crippen molar-refractivity contribution in [3.05, 3.63) is 30.0 Å². The van der Waals surface area contributed by atoms with E-state index >= 15 is 0 Å². The predicted molar refractivity (Wildman–Crippen MR) is 125 cm³/mol. The van der Waals surface area contributed by atoms with Crippen LogP contribution >= 0.6 is 0 Å². The Kier molecular flexibility index (Phi) is 6.58. The summed E-state index contributed by atoms with van der Waals surface area (Å²) in [5.41, 5.74) is 9.41. The Bertz CT molecular complexity index is 1080. The van der Waals surface area contributed by atoms with Gasteiger partial charge in [-0.1, -0.05) is 19.4 Å². The maximum Gasteiger partial charge on any atom is 0.222 e. The van der Waals surface area contributed by atoms with Crippen LogP contribution in [0.4, 0.5) is 17.5 Å². The number of nitrogen functional groups attached to an aromatic ring is 1. The first-order valence-electron chi connectivity index (χ1n) is 11.0. The van der Waals surface area contributed by atoms with Gasteiger partial charge in [-0.15, -0.1) is 0 Å². The normalized spacial score (nSPS) is 14.1. The Morgan fingerprint density at radius 3 is 2.75 bits per heavy atom. The number of fused-ring (bicyclic) bond motifs is 1. The highest BCUT2D eigenvalue weighted by atomic mass is 16.5. The van der Waals surface area contributed by atoms with E-state index in [0.717, 1.165) is 69.0 Å². The Morgan fingerprint density at radius 2 is 2.03 bits per heavy atom. The number of anilines is 3. The van der Waals surface area contributed by atoms with Gasteiger partial charge in [-0.05, 0) is 12.5 Å². The minimum absolute atomic E-state index is 0.229. The monoisotopic (exact) mass is 438 g/mol. The van der Waals surface area contributed by atoms with Gasteiger partial charge in [0.15, 0.2) is 11.3 Å². The number of ether oxygens (including phenoxy) is 1. The third-order valence-corrected chi connectivity index (χ3v) is 5.68. The minimum atomic E-state index is 0.229. The van der Waals surface area contributed by atoms with Gasteiger partial charge in [-0.2, -0.15) is 10.1 Å². The highest BCUT2D eigenvalue weighted by Crippen LogP contribution is 2.28. The first kappa shape index (κ1) is 21.7. The fourth-order valence-corrected chi connectivity index (χ4v) is 3.89. The van der Waals surface area contributed by atoms with Gasteiger partial charge in [0.2, 0.25) is 12.4 Å². The summed E-state index contributed by atoms with van der Waals surface area (Å²) in [4.78, 5) is 23.7. The zero-order chi connectivity index (χ0) is 22.5. The van der Waals surface area contributed by atoms with Crippen LogP contribution in [0, 0.1) is 0 Å². The molecule has 0 unspecified atom stereocenters. The van der Waals surface area contributed by atoms with Crippen molar-refractivity contribution in [2.24, 2.45) is 0 Å². The first-order valence-corrected chi connectivity index (χ1v) is 11.0. The smallest absolute Gasteiger partial charge is 0.222 e. The Labute approximate surface area is 187 Å². The number of amides is 1. The molecule has 10 nitrogen and oxygen atoms in total. The number of rotatable bonds is 9. The highest BCUT2D eigenvalue weighted by Gasteiger charge is 2.18. The molecule has 1 aliphatic rings. The number of hydrogen-bond donors (Lipinski definition) is 2. The van der Waals surface area contributed by atoms with Crippen LogP contribution in [-0.4, -0.2) is 70.9 Å². The minimum Gasteiger partial charge on any atom is -0.496 e. The molecule has 0 atom stereocenters. The van der Waals surface area contributed by atoms with E-state index in [1.54, 1.807) is 12.0 Å². The van der Waals surface area contributed by atoms with Crippen LogP contribution in [0.1, 0.15) is 25.3 Å². The van der Waals surface area contributed by atoms with Gasteiger partial charge in [-0.3, -0.25) is 9.48 Å². The van der Waals surface area contributed by atoms with E-state index in [4.69, 9.17) is 15.6 Å². The SMILES string of the molecule is CCCCNc1nc(N)nc2cn(Cc3ccc(N4CCN(C=O)CC4)cc3OC)nc12. The van der Waals surface area contributed by atoms with Gasteiger partial charge in [-0.25, -0.2) is 4.98 Å². The van der Waals surface area contributed by atoms with Gasteiger partial charge in [0.25, 0.3) is 0 Å². The maximum atomic E-state index is 11.0. The van der Waals surface area contributed by atoms with E-state index in [9.17, 15) is 4.79 Å². The van der Waals surface area contributed by atoms with Crippen molar-refractivity contribution >= 4 is 34.9 Å². The van der Waals surface area contributed by atoms with E-state index in [-0.39, 0.29) is 5.95 Å². The van der Waals surface area contributed by atoms with Crippen LogP contribution < -0.4 is 20.7 Å². The van der Waals surface area contributed by atoms with Crippen LogP contribution in [0.3, 0.4) is 0 Å². The second kappa shape index (κ2) is 9.71. The van der Waals surface area contributed by atoms with Gasteiger partial charge < -0.3 is 25.6 Å². The van der Waals surface area contributed by atoms with Gasteiger partial charge in [0, 0.05) is 50.0 Å². The van der Waals surface area contributed by atoms with Crippen molar-refractivity contribution < 1.29 is 9.53 Å². The Hall–Kier alpha value is -3.56. The zero-order valence-electron chi connectivity index (χ0n) is 18.6. The van der Waals surface area contributed by atoms with Crippen molar-refractivity contribution in [3.8, 4) is 5.75 Å². The summed E-state index contributed by atoms with van der Waals surface area (Å²) in [6, 6.07) is 6.20. The van der Waals surface area contributed by atoms with E-state index in [1.807, 2.05) is 16.9 Å². The molecular formula is C22H30N8O2. The van der Waals surface area contributed by atoms with Crippen molar-refractivity contribution in [2.75, 3.05) is 55.8 Å². The summed E-state index contributed by atoms with van der Waals surface area (Å²) < 4.78 is 7.52. The molecular weight excluding hydrogens is 408 g/mol. The molecule has 1 saturated heterocycles. The molecule has 1 fully saturated rings. The van der Waals surface area contributed by atoms with E-state index in [1.165, 1.54) is 0 Å². The Morgan fingerprint density at radius 1 is 1.22 bits per heavy atom. The molecule has 32 heavy (non-hydrogen) atoms. The number of piperazine rings is 1. The summed E-state index contributed by atoms with van der Waals surface area (Å²) in [5, 5.41) is 8.02. The lowest BCUT2D eigenvalue weighted by Crippen LogP contribution is -2.45. The molecule has 0 aliphatic carbocycles. The van der Waals surface area contributed by atoms with Crippen molar-refractivity contribution in [1.29, 1.82) is 0 Å². The maximum absolute atomic E-state index is 11.0. The lowest BCUT2D eigenvalue weighted by molar-refractivity contribution is -0.118. The molecule has 0 bridgehead atoms. The number of carbonyl (C=O) groups excluding carboxylic acids is 1. The number of carbonyl (C=O) groups is 1. The molecule has 3 N–H and O–H groups in total. The summed E-state index contributed by atoms with van der Waals surface area (Å²) in [6.07, 6.45) is 4.93. The summed E-state index contributed by atoms with van der Waals surface area (Å²) in [7, 11) is 1.68. The molecule has 1 amide bonds. The van der Waals surface area contributed by atoms with E-state index < -0.39 is 0 Å². The van der Waals surface area contributed by atoms with E-state index in [0.29, 0.717) is 23.4 Å². The summed E-state index contributed by atoms with van der Waals surface area (Å²) in [6.45, 7) is 6.56. The average Bonchev–Trinajstić information content (AvgIpc) is 3.21. The number of unbranched alkanes of at least 4 members (excludes halogenated alkanes) is 1. The number of methoxy groups -OCH3 is 1. The highest BCUT2D eigenvalue weighted by molar-refractivity contribution is 5.85. The molecule has 0 spiro atoms. The molecule has 2 aromatic heterocycles. The molecule has 3 heterocycles. The fourth-order valence-electron chi connectivity index (χ4n) is 3.89. The third kappa shape index (κ3) is 4.68. The quantitative estimate of drug-likeness (QED) is 0.385. The topological polar surface area (TPSA) is 114 Å². The zero-order valence-corrected chi connectivity index (χ0v) is 18.6. The number of benzene rings is 1. The van der Waals surface area contributed by atoms with Crippen LogP contribution in [0.15, 0.2) is 24.4 Å². The van der Waals surface area contributed by atoms with Gasteiger partial charge >= 0.3 is 0 Å². The van der Waals surface area contributed by atoms with Crippen LogP contribution in [0.2, 0.25) is 0 Å². The molecule has 3 aromatic rings. The van der Waals surface area contributed by atoms with Crippen LogP contribution in [0.5, 0.6) is 5.75 Å². The molecule has 0 radical (unpaired) electrons. The average molecular weight is 439 g/mol. The fraction of sp³-hybridized carbons (Fsp3) is 0.455. The number of nitrogens with two attached hydrogens (primary N) is 1. The second-order valence-electron chi connectivity index (χ2n) is 7.90. The number of nitrogens with zero attached hydrogens (tertiary/aromatic N) is 6. The van der Waals surface area contributed by atoms with E-state index in [2.05, 4.69) is 39.2 Å². The van der Waals surface area contributed by atoms with Crippen molar-refractivity contribution in [3.63, 3.8) is 0 Å². The van der Waals surface area contributed by atoms with Gasteiger partial charge in [0.05, 0.1) is 19.9 Å². The first-order chi connectivity index (χ1) is 15.6. The van der Waals surface area contributed by atoms with Crippen molar-refractivity contribution in [2.45, 2.75) is 26.3 Å². The van der Waals surface area contributed by atoms with Crippen LogP contribution in [-0.2, 0) is 11.3 Å². The predicted octanol–water partition coefficient (Wildman–Crippen LogP) is 1.96. The van der Waals surface area contributed by atoms with Gasteiger partial charge in [0.1, 0.15) is 11.3 Å². The molecule has 4 rings (SSSR count). The molecule has 10 heteroatoms. The summed E-state index contributed by atoms with van der Waals surface area (Å²) >= 11 is 0. The lowest BCUT2D eigenvalue weighted by atomic mass is 10.1. The molecule has 170 valence electrons.